The van der Waals surface area contributed by atoms with E-state index in [9.17, 15) is 5.11 Å². The number of nitrogens with zero attached hydrogens (tertiary/aromatic N) is 2. The highest BCUT2D eigenvalue weighted by Gasteiger charge is 2.19. The molecule has 3 rings (SSSR count). The van der Waals surface area contributed by atoms with Gasteiger partial charge in [-0.05, 0) is 74.0 Å². The predicted octanol–water partition coefficient (Wildman–Crippen LogP) is 7.15. The number of pyridine rings is 1. The van der Waals surface area contributed by atoms with Gasteiger partial charge in [-0.3, -0.25) is 0 Å². The third kappa shape index (κ3) is 6.14. The molecule has 0 amide bonds. The van der Waals surface area contributed by atoms with Crippen molar-refractivity contribution < 1.29 is 9.84 Å². The Labute approximate surface area is 201 Å². The number of hydrogen-bond acceptors (Lipinski definition) is 4. The van der Waals surface area contributed by atoms with E-state index in [0.717, 1.165) is 72.2 Å². The molecule has 0 radical (unpaired) electrons. The van der Waals surface area contributed by atoms with E-state index < -0.39 is 6.10 Å². The molecule has 0 fully saturated rings. The molecule has 32 heavy (non-hydrogen) atoms. The van der Waals surface area contributed by atoms with Gasteiger partial charge in [0.25, 0.3) is 0 Å². The Morgan fingerprint density at radius 2 is 1.59 bits per heavy atom. The molecule has 1 N–H and O–H groups in total. The van der Waals surface area contributed by atoms with E-state index in [2.05, 4.69) is 18.7 Å². The Morgan fingerprint density at radius 3 is 2.19 bits per heavy atom. The van der Waals surface area contributed by atoms with E-state index in [1.54, 1.807) is 13.2 Å². The molecule has 0 saturated carbocycles. The normalized spacial score (nSPS) is 12.5. The van der Waals surface area contributed by atoms with Crippen LogP contribution < -0.4 is 4.74 Å². The molecule has 2 aromatic carbocycles. The highest BCUT2D eigenvalue weighted by molar-refractivity contribution is 6.42. The zero-order valence-corrected chi connectivity index (χ0v) is 20.6. The smallest absolute Gasteiger partial charge is 0.118 e. The molecule has 0 bridgehead atoms. The van der Waals surface area contributed by atoms with Crippen LogP contribution in [0.4, 0.5) is 0 Å². The maximum Gasteiger partial charge on any atom is 0.118 e. The number of aliphatic hydroxyl groups is 1. The summed E-state index contributed by atoms with van der Waals surface area (Å²) in [7, 11) is 1.65. The number of aliphatic hydroxyl groups excluding tert-OH is 1. The van der Waals surface area contributed by atoms with E-state index in [1.807, 2.05) is 36.4 Å². The lowest BCUT2D eigenvalue weighted by molar-refractivity contribution is 0.112. The van der Waals surface area contributed by atoms with E-state index in [4.69, 9.17) is 32.9 Å². The number of unbranched alkanes of at least 4 members (excludes halogenated alkanes) is 2. The van der Waals surface area contributed by atoms with E-state index >= 15 is 0 Å². The summed E-state index contributed by atoms with van der Waals surface area (Å²) >= 11 is 12.6. The van der Waals surface area contributed by atoms with Crippen molar-refractivity contribution in [2.75, 3.05) is 26.7 Å². The van der Waals surface area contributed by atoms with Gasteiger partial charge in [0.05, 0.1) is 34.5 Å². The zero-order valence-electron chi connectivity index (χ0n) is 19.1. The number of aromatic nitrogens is 1. The number of hydrogen-bond donors (Lipinski definition) is 1. The fourth-order valence-electron chi connectivity index (χ4n) is 3.83. The van der Waals surface area contributed by atoms with Gasteiger partial charge in [-0.15, -0.1) is 0 Å². The molecular formula is C26H32Cl2N2O2. The van der Waals surface area contributed by atoms with Gasteiger partial charge < -0.3 is 14.7 Å². The first-order valence-corrected chi connectivity index (χ1v) is 12.1. The van der Waals surface area contributed by atoms with Gasteiger partial charge >= 0.3 is 0 Å². The number of rotatable bonds is 11. The molecule has 0 aliphatic rings. The average Bonchev–Trinajstić information content (AvgIpc) is 2.81. The van der Waals surface area contributed by atoms with Crippen molar-refractivity contribution in [1.82, 2.24) is 9.88 Å². The molecule has 172 valence electrons. The molecule has 1 atom stereocenters. The minimum Gasteiger partial charge on any atom is -0.497 e. The summed E-state index contributed by atoms with van der Waals surface area (Å²) in [5.74, 6) is 0.784. The summed E-state index contributed by atoms with van der Waals surface area (Å²) in [6, 6.07) is 13.3. The lowest BCUT2D eigenvalue weighted by Gasteiger charge is -2.26. The number of ether oxygens (including phenoxy) is 1. The number of fused-ring (bicyclic) bond motifs is 1. The highest BCUT2D eigenvalue weighted by Crippen LogP contribution is 2.34. The summed E-state index contributed by atoms with van der Waals surface area (Å²) in [6.45, 7) is 6.92. The molecule has 1 aromatic heterocycles. The summed E-state index contributed by atoms with van der Waals surface area (Å²) < 4.78 is 5.28. The molecule has 1 heterocycles. The van der Waals surface area contributed by atoms with Crippen LogP contribution in [0.2, 0.25) is 10.0 Å². The number of methoxy groups -OCH3 is 1. The van der Waals surface area contributed by atoms with Crippen molar-refractivity contribution in [3.8, 4) is 17.0 Å². The van der Waals surface area contributed by atoms with Crippen LogP contribution in [0.1, 0.15) is 51.2 Å². The summed E-state index contributed by atoms with van der Waals surface area (Å²) in [4.78, 5) is 7.17. The summed E-state index contributed by atoms with van der Waals surface area (Å²) in [5, 5.41) is 13.1. The van der Waals surface area contributed by atoms with Crippen LogP contribution >= 0.6 is 23.2 Å². The van der Waals surface area contributed by atoms with Crippen LogP contribution in [0.25, 0.3) is 22.2 Å². The van der Waals surface area contributed by atoms with E-state index in [0.29, 0.717) is 16.6 Å². The third-order valence-electron chi connectivity index (χ3n) is 5.71. The maximum absolute atomic E-state index is 11.3. The molecule has 0 aliphatic heterocycles. The van der Waals surface area contributed by atoms with Crippen molar-refractivity contribution in [1.29, 1.82) is 0 Å². The van der Waals surface area contributed by atoms with Gasteiger partial charge in [0.1, 0.15) is 5.75 Å². The van der Waals surface area contributed by atoms with Crippen LogP contribution in [0.15, 0.2) is 42.5 Å². The molecule has 4 nitrogen and oxygen atoms in total. The fraction of sp³-hybridized carbons (Fsp3) is 0.423. The van der Waals surface area contributed by atoms with Crippen LogP contribution in [-0.2, 0) is 0 Å². The average molecular weight is 475 g/mol. The molecule has 0 spiro atoms. The van der Waals surface area contributed by atoms with Gasteiger partial charge in [-0.1, -0.05) is 49.9 Å². The first-order valence-electron chi connectivity index (χ1n) is 11.3. The Hall–Kier alpha value is -1.85. The SMILES string of the molecule is CCCCN(CCCC)CC(O)c1cc(-c2ccc(OC)cc2)nc2cc(Cl)c(Cl)cc12. The minimum absolute atomic E-state index is 0.450. The lowest BCUT2D eigenvalue weighted by Crippen LogP contribution is -2.31. The molecule has 6 heteroatoms. The quantitative estimate of drug-likeness (QED) is 0.320. The van der Waals surface area contributed by atoms with Crippen molar-refractivity contribution in [3.63, 3.8) is 0 Å². The van der Waals surface area contributed by atoms with Crippen molar-refractivity contribution in [2.24, 2.45) is 0 Å². The molecule has 0 aliphatic carbocycles. The van der Waals surface area contributed by atoms with Crippen molar-refractivity contribution >= 4 is 34.1 Å². The zero-order chi connectivity index (χ0) is 23.1. The maximum atomic E-state index is 11.3. The first kappa shape index (κ1) is 24.8. The third-order valence-corrected chi connectivity index (χ3v) is 6.44. The first-order chi connectivity index (χ1) is 15.5. The van der Waals surface area contributed by atoms with Crippen LogP contribution in [-0.4, -0.2) is 41.7 Å². The highest BCUT2D eigenvalue weighted by atomic mass is 35.5. The predicted molar refractivity (Wildman–Crippen MR) is 135 cm³/mol. The van der Waals surface area contributed by atoms with Crippen molar-refractivity contribution in [3.05, 3.63) is 58.1 Å². The van der Waals surface area contributed by atoms with Gasteiger partial charge in [0.15, 0.2) is 0 Å². The van der Waals surface area contributed by atoms with E-state index in [-0.39, 0.29) is 0 Å². The number of halogens is 2. The van der Waals surface area contributed by atoms with Crippen LogP contribution in [0.5, 0.6) is 5.75 Å². The number of benzene rings is 2. The lowest BCUT2D eigenvalue weighted by atomic mass is 9.99. The Balaban J connectivity index is 2.02. The standard InChI is InChI=1S/C26H32Cl2N2O2/c1-4-6-12-30(13-7-5-2)17-26(31)21-15-24(18-8-10-19(32-3)11-9-18)29-25-16-23(28)22(27)14-20(21)25/h8-11,14-16,26,31H,4-7,12-13,17H2,1-3H3. The van der Waals surface area contributed by atoms with Gasteiger partial charge in [0, 0.05) is 17.5 Å². The summed E-state index contributed by atoms with van der Waals surface area (Å²) in [6.07, 6.45) is 3.83. The van der Waals surface area contributed by atoms with E-state index in [1.165, 1.54) is 0 Å². The monoisotopic (exact) mass is 474 g/mol. The van der Waals surface area contributed by atoms with Crippen molar-refractivity contribution in [2.45, 2.75) is 45.6 Å². The Kier molecular flexibility index (Phi) is 9.18. The summed E-state index contributed by atoms with van der Waals surface area (Å²) in [5.41, 5.74) is 3.26. The van der Waals surface area contributed by atoms with Gasteiger partial charge in [-0.2, -0.15) is 0 Å². The minimum atomic E-state index is -0.663. The molecule has 3 aromatic rings. The second kappa shape index (κ2) is 11.9. The second-order valence-corrected chi connectivity index (χ2v) is 8.95. The Bertz CT molecular complexity index is 1020. The topological polar surface area (TPSA) is 45.6 Å². The van der Waals surface area contributed by atoms with Gasteiger partial charge in [0.2, 0.25) is 0 Å². The molecule has 0 saturated heterocycles. The second-order valence-electron chi connectivity index (χ2n) is 8.13. The molecular weight excluding hydrogens is 443 g/mol. The largest absolute Gasteiger partial charge is 0.497 e. The molecule has 1 unspecified atom stereocenters. The van der Waals surface area contributed by atoms with Crippen LogP contribution in [0.3, 0.4) is 0 Å². The van der Waals surface area contributed by atoms with Crippen LogP contribution in [0, 0.1) is 0 Å². The van der Waals surface area contributed by atoms with Gasteiger partial charge in [-0.25, -0.2) is 4.98 Å². The fourth-order valence-corrected chi connectivity index (χ4v) is 4.15. The Morgan fingerprint density at radius 1 is 0.969 bits per heavy atom.